The molecule has 0 aliphatic heterocycles. The summed E-state index contributed by atoms with van der Waals surface area (Å²) < 4.78 is 0. The molecule has 4 heteroatoms. The van der Waals surface area contributed by atoms with Gasteiger partial charge in [0.25, 0.3) is 0 Å². The molecule has 0 unspecified atom stereocenters. The molecule has 0 bridgehead atoms. The van der Waals surface area contributed by atoms with E-state index in [2.05, 4.69) is 10.3 Å². The van der Waals surface area contributed by atoms with E-state index in [0.717, 1.165) is 16.3 Å². The van der Waals surface area contributed by atoms with Gasteiger partial charge in [0.2, 0.25) is 0 Å². The fraction of sp³-hybridized carbons (Fsp3) is 0.167. The number of fused-ring (bicyclic) bond motifs is 1. The normalized spacial score (nSPS) is 10.3. The second kappa shape index (κ2) is 4.18. The van der Waals surface area contributed by atoms with E-state index >= 15 is 0 Å². The lowest BCUT2D eigenvalue weighted by molar-refractivity contribution is -0.134. The second-order valence-corrected chi connectivity index (χ2v) is 3.58. The predicted octanol–water partition coefficient (Wildman–Crippen LogP) is 2.04. The summed E-state index contributed by atoms with van der Waals surface area (Å²) in [5, 5.41) is 13.5. The highest BCUT2D eigenvalue weighted by Gasteiger charge is 2.05. The number of carboxylic acid groups (broad SMARTS) is 1. The Morgan fingerprint density at radius 2 is 2.06 bits per heavy atom. The quantitative estimate of drug-likeness (QED) is 0.824. The fourth-order valence-electron chi connectivity index (χ4n) is 1.63. The van der Waals surface area contributed by atoms with E-state index in [9.17, 15) is 4.79 Å². The lowest BCUT2D eigenvalue weighted by Crippen LogP contribution is -2.13. The average molecular weight is 216 g/mol. The maximum atomic E-state index is 10.5. The Kier molecular flexibility index (Phi) is 2.72. The van der Waals surface area contributed by atoms with E-state index < -0.39 is 5.97 Å². The molecule has 0 aliphatic rings. The van der Waals surface area contributed by atoms with Crippen LogP contribution in [0.4, 0.5) is 5.82 Å². The Balaban J connectivity index is 2.46. The van der Waals surface area contributed by atoms with Crippen molar-refractivity contribution >= 4 is 22.6 Å². The summed E-state index contributed by atoms with van der Waals surface area (Å²) >= 11 is 0. The maximum Gasteiger partial charge on any atom is 0.322 e. The Morgan fingerprint density at radius 3 is 2.75 bits per heavy atom. The zero-order valence-electron chi connectivity index (χ0n) is 8.90. The van der Waals surface area contributed by atoms with Crippen LogP contribution in [-0.2, 0) is 4.79 Å². The molecule has 82 valence electrons. The fourth-order valence-corrected chi connectivity index (χ4v) is 1.63. The van der Waals surface area contributed by atoms with Gasteiger partial charge in [-0.3, -0.25) is 4.79 Å². The number of carboxylic acids is 1. The standard InChI is InChI=1S/C12H12N2O2/c1-8-6-13-12(14-7-11(15)16)10-5-3-2-4-9(8)10/h2-6H,7H2,1H3,(H,13,14)(H,15,16). The van der Waals surface area contributed by atoms with Crippen molar-refractivity contribution in [3.8, 4) is 0 Å². The van der Waals surface area contributed by atoms with Gasteiger partial charge in [-0.25, -0.2) is 4.98 Å². The lowest BCUT2D eigenvalue weighted by atomic mass is 10.1. The minimum atomic E-state index is -0.897. The predicted molar refractivity (Wildman–Crippen MR) is 62.6 cm³/mol. The Hall–Kier alpha value is -2.10. The van der Waals surface area contributed by atoms with Crippen molar-refractivity contribution in [2.75, 3.05) is 11.9 Å². The number of aliphatic carboxylic acids is 1. The first-order valence-electron chi connectivity index (χ1n) is 4.98. The van der Waals surface area contributed by atoms with Gasteiger partial charge in [-0.1, -0.05) is 24.3 Å². The van der Waals surface area contributed by atoms with Crippen molar-refractivity contribution in [2.24, 2.45) is 0 Å². The van der Waals surface area contributed by atoms with Crippen LogP contribution in [0.5, 0.6) is 0 Å². The van der Waals surface area contributed by atoms with Crippen molar-refractivity contribution in [2.45, 2.75) is 6.92 Å². The highest BCUT2D eigenvalue weighted by molar-refractivity contribution is 5.94. The third-order valence-corrected chi connectivity index (χ3v) is 2.40. The largest absolute Gasteiger partial charge is 0.480 e. The van der Waals surface area contributed by atoms with Crippen LogP contribution in [0, 0.1) is 6.92 Å². The van der Waals surface area contributed by atoms with Crippen molar-refractivity contribution in [1.82, 2.24) is 4.98 Å². The Bertz CT molecular complexity index is 538. The molecule has 0 amide bonds. The molecule has 1 heterocycles. The average Bonchev–Trinajstić information content (AvgIpc) is 2.28. The highest BCUT2D eigenvalue weighted by Crippen LogP contribution is 2.23. The molecule has 0 saturated heterocycles. The zero-order chi connectivity index (χ0) is 11.5. The zero-order valence-corrected chi connectivity index (χ0v) is 8.90. The van der Waals surface area contributed by atoms with Crippen LogP contribution in [0.15, 0.2) is 30.5 Å². The summed E-state index contributed by atoms with van der Waals surface area (Å²) in [6, 6.07) is 7.80. The molecule has 0 radical (unpaired) electrons. The topological polar surface area (TPSA) is 62.2 Å². The molecular weight excluding hydrogens is 204 g/mol. The van der Waals surface area contributed by atoms with Crippen LogP contribution in [0.3, 0.4) is 0 Å². The number of aryl methyl sites for hydroxylation is 1. The van der Waals surface area contributed by atoms with Crippen molar-refractivity contribution in [1.29, 1.82) is 0 Å². The molecule has 4 nitrogen and oxygen atoms in total. The van der Waals surface area contributed by atoms with Gasteiger partial charge >= 0.3 is 5.97 Å². The first kappa shape index (κ1) is 10.4. The molecule has 0 aliphatic carbocycles. The lowest BCUT2D eigenvalue weighted by Gasteiger charge is -2.08. The number of anilines is 1. The van der Waals surface area contributed by atoms with Crippen LogP contribution in [0.1, 0.15) is 5.56 Å². The van der Waals surface area contributed by atoms with Gasteiger partial charge in [-0.15, -0.1) is 0 Å². The van der Waals surface area contributed by atoms with Crippen molar-refractivity contribution in [3.63, 3.8) is 0 Å². The Morgan fingerprint density at radius 1 is 1.38 bits per heavy atom. The first-order chi connectivity index (χ1) is 7.68. The van der Waals surface area contributed by atoms with Crippen molar-refractivity contribution in [3.05, 3.63) is 36.0 Å². The molecule has 2 aromatic rings. The molecule has 1 aromatic carbocycles. The first-order valence-corrected chi connectivity index (χ1v) is 4.98. The number of rotatable bonds is 3. The van der Waals surface area contributed by atoms with Crippen molar-refractivity contribution < 1.29 is 9.90 Å². The van der Waals surface area contributed by atoms with Gasteiger partial charge < -0.3 is 10.4 Å². The molecular formula is C12H12N2O2. The summed E-state index contributed by atoms with van der Waals surface area (Å²) in [5.74, 6) is -0.282. The third kappa shape index (κ3) is 1.95. The summed E-state index contributed by atoms with van der Waals surface area (Å²) in [5.41, 5.74) is 1.08. The maximum absolute atomic E-state index is 10.5. The SMILES string of the molecule is Cc1cnc(NCC(=O)O)c2ccccc12. The van der Waals surface area contributed by atoms with E-state index in [1.807, 2.05) is 31.2 Å². The van der Waals surface area contributed by atoms with E-state index in [0.29, 0.717) is 5.82 Å². The number of nitrogens with zero attached hydrogens (tertiary/aromatic N) is 1. The van der Waals surface area contributed by atoms with Gasteiger partial charge in [-0.2, -0.15) is 0 Å². The molecule has 0 saturated carbocycles. The molecule has 1 aromatic heterocycles. The number of hydrogen-bond acceptors (Lipinski definition) is 3. The Labute approximate surface area is 92.9 Å². The van der Waals surface area contributed by atoms with Gasteiger partial charge in [0.05, 0.1) is 0 Å². The monoisotopic (exact) mass is 216 g/mol. The number of carbonyl (C=O) groups is 1. The van der Waals surface area contributed by atoms with E-state index in [1.165, 1.54) is 0 Å². The van der Waals surface area contributed by atoms with Crippen LogP contribution in [0.25, 0.3) is 10.8 Å². The highest BCUT2D eigenvalue weighted by atomic mass is 16.4. The van der Waals surface area contributed by atoms with Gasteiger partial charge in [0.1, 0.15) is 12.4 Å². The third-order valence-electron chi connectivity index (χ3n) is 2.40. The number of pyridine rings is 1. The molecule has 16 heavy (non-hydrogen) atoms. The molecule has 2 N–H and O–H groups in total. The van der Waals surface area contributed by atoms with E-state index in [4.69, 9.17) is 5.11 Å². The minimum absolute atomic E-state index is 0.125. The summed E-state index contributed by atoms with van der Waals surface area (Å²) in [6.45, 7) is 1.86. The van der Waals surface area contributed by atoms with E-state index in [1.54, 1.807) is 6.20 Å². The number of benzene rings is 1. The van der Waals surface area contributed by atoms with Gasteiger partial charge in [0, 0.05) is 11.6 Å². The van der Waals surface area contributed by atoms with Crippen LogP contribution in [0.2, 0.25) is 0 Å². The number of aromatic nitrogens is 1. The molecule has 0 fully saturated rings. The summed E-state index contributed by atoms with van der Waals surface area (Å²) in [4.78, 5) is 14.7. The minimum Gasteiger partial charge on any atom is -0.480 e. The van der Waals surface area contributed by atoms with Gasteiger partial charge in [-0.05, 0) is 17.9 Å². The number of nitrogens with one attached hydrogen (secondary N) is 1. The smallest absolute Gasteiger partial charge is 0.322 e. The van der Waals surface area contributed by atoms with Crippen LogP contribution in [-0.4, -0.2) is 22.6 Å². The molecule has 0 atom stereocenters. The van der Waals surface area contributed by atoms with Crippen LogP contribution >= 0.6 is 0 Å². The van der Waals surface area contributed by atoms with Crippen LogP contribution < -0.4 is 5.32 Å². The summed E-state index contributed by atoms with van der Waals surface area (Å²) in [7, 11) is 0. The second-order valence-electron chi connectivity index (χ2n) is 3.58. The molecule has 0 spiro atoms. The van der Waals surface area contributed by atoms with E-state index in [-0.39, 0.29) is 6.54 Å². The number of hydrogen-bond donors (Lipinski definition) is 2. The van der Waals surface area contributed by atoms with Gasteiger partial charge in [0.15, 0.2) is 0 Å². The summed E-state index contributed by atoms with van der Waals surface area (Å²) in [6.07, 6.45) is 1.74. The molecule has 2 rings (SSSR count).